The van der Waals surface area contributed by atoms with Gasteiger partial charge in [0.2, 0.25) is 11.8 Å². The number of nitrogens with zero attached hydrogens (tertiary/aromatic N) is 1. The molecule has 1 aromatic carbocycles. The molecule has 1 heterocycles. The van der Waals surface area contributed by atoms with Crippen molar-refractivity contribution in [1.82, 2.24) is 4.90 Å². The number of rotatable bonds is 5. The molecule has 1 fully saturated rings. The first-order chi connectivity index (χ1) is 10.1. The second kappa shape index (κ2) is 7.43. The first kappa shape index (κ1) is 15.8. The lowest BCUT2D eigenvalue weighted by Gasteiger charge is -2.31. The molecule has 5 nitrogen and oxygen atoms in total. The third-order valence-electron chi connectivity index (χ3n) is 3.51. The lowest BCUT2D eigenvalue weighted by Crippen LogP contribution is -2.50. The number of carbonyl (C=O) groups is 2. The minimum absolute atomic E-state index is 0.0403. The van der Waals surface area contributed by atoms with E-state index in [1.54, 1.807) is 4.90 Å². The molecule has 0 radical (unpaired) electrons. The van der Waals surface area contributed by atoms with Gasteiger partial charge in [0.15, 0.2) is 6.10 Å². The quantitative estimate of drug-likeness (QED) is 0.893. The minimum Gasteiger partial charge on any atom is -0.367 e. The van der Waals surface area contributed by atoms with Crippen LogP contribution in [0.25, 0.3) is 0 Å². The Morgan fingerprint density at radius 3 is 2.71 bits per heavy atom. The average Bonchev–Trinajstić information content (AvgIpc) is 2.49. The summed E-state index contributed by atoms with van der Waals surface area (Å²) in [7, 11) is 0. The molecule has 0 bridgehead atoms. The summed E-state index contributed by atoms with van der Waals surface area (Å²) in [6, 6.07) is 7.62. The molecule has 21 heavy (non-hydrogen) atoms. The van der Waals surface area contributed by atoms with Crippen LogP contribution in [0.1, 0.15) is 18.4 Å². The van der Waals surface area contributed by atoms with Crippen LogP contribution in [0, 0.1) is 0 Å². The molecule has 0 spiro atoms. The van der Waals surface area contributed by atoms with Gasteiger partial charge in [-0.25, -0.2) is 0 Å². The van der Waals surface area contributed by atoms with E-state index >= 15 is 0 Å². The van der Waals surface area contributed by atoms with Gasteiger partial charge in [-0.1, -0.05) is 23.7 Å². The van der Waals surface area contributed by atoms with E-state index in [1.807, 2.05) is 24.3 Å². The Morgan fingerprint density at radius 1 is 1.33 bits per heavy atom. The lowest BCUT2D eigenvalue weighted by atomic mass is 10.1. The molecule has 2 N–H and O–H groups in total. The van der Waals surface area contributed by atoms with E-state index in [-0.39, 0.29) is 12.5 Å². The first-order valence-electron chi connectivity index (χ1n) is 6.99. The van der Waals surface area contributed by atoms with Gasteiger partial charge in [0, 0.05) is 18.0 Å². The zero-order chi connectivity index (χ0) is 15.2. The van der Waals surface area contributed by atoms with E-state index in [0.717, 1.165) is 18.4 Å². The highest BCUT2D eigenvalue weighted by Gasteiger charge is 2.27. The average molecular weight is 311 g/mol. The maximum absolute atomic E-state index is 12.1. The largest absolute Gasteiger partial charge is 0.367 e. The van der Waals surface area contributed by atoms with E-state index in [9.17, 15) is 9.59 Å². The topological polar surface area (TPSA) is 72.6 Å². The number of amides is 2. The summed E-state index contributed by atoms with van der Waals surface area (Å²) >= 11 is 5.83. The van der Waals surface area contributed by atoms with Gasteiger partial charge < -0.3 is 15.4 Å². The maximum Gasteiger partial charge on any atom is 0.248 e. The normalized spacial score (nSPS) is 18.5. The predicted octanol–water partition coefficient (Wildman–Crippen LogP) is 1.38. The van der Waals surface area contributed by atoms with Gasteiger partial charge in [0.1, 0.15) is 0 Å². The number of hydrogen-bond acceptors (Lipinski definition) is 3. The van der Waals surface area contributed by atoms with Crippen LogP contribution in [0.3, 0.4) is 0 Å². The number of nitrogens with two attached hydrogens (primary N) is 1. The summed E-state index contributed by atoms with van der Waals surface area (Å²) in [4.78, 5) is 24.9. The molecule has 1 aliphatic rings. The van der Waals surface area contributed by atoms with Gasteiger partial charge in [-0.3, -0.25) is 9.59 Å². The van der Waals surface area contributed by atoms with Crippen molar-refractivity contribution < 1.29 is 14.3 Å². The van der Waals surface area contributed by atoms with Gasteiger partial charge >= 0.3 is 0 Å². The molecule has 0 aliphatic carbocycles. The summed E-state index contributed by atoms with van der Waals surface area (Å²) in [5.74, 6) is -0.479. The Bertz CT molecular complexity index is 504. The van der Waals surface area contributed by atoms with Gasteiger partial charge in [-0.15, -0.1) is 0 Å². The van der Waals surface area contributed by atoms with Gasteiger partial charge in [0.05, 0.1) is 13.2 Å². The van der Waals surface area contributed by atoms with Crippen LogP contribution < -0.4 is 5.73 Å². The summed E-state index contributed by atoms with van der Waals surface area (Å²) in [5.41, 5.74) is 6.36. The first-order valence-corrected chi connectivity index (χ1v) is 7.37. The molecule has 0 unspecified atom stereocenters. The fraction of sp³-hybridized carbons (Fsp3) is 0.467. The summed E-state index contributed by atoms with van der Waals surface area (Å²) < 4.78 is 5.22. The van der Waals surface area contributed by atoms with Crippen LogP contribution in [0.15, 0.2) is 24.3 Å². The highest BCUT2D eigenvalue weighted by Crippen LogP contribution is 2.13. The number of primary amides is 1. The van der Waals surface area contributed by atoms with E-state index in [0.29, 0.717) is 24.6 Å². The Morgan fingerprint density at radius 2 is 2.05 bits per heavy atom. The van der Waals surface area contributed by atoms with Gasteiger partial charge in [-0.2, -0.15) is 0 Å². The predicted molar refractivity (Wildman–Crippen MR) is 79.9 cm³/mol. The summed E-state index contributed by atoms with van der Waals surface area (Å²) in [6.07, 6.45) is 1.36. The Kier molecular flexibility index (Phi) is 5.59. The van der Waals surface area contributed by atoms with E-state index in [2.05, 4.69) is 0 Å². The van der Waals surface area contributed by atoms with E-state index < -0.39 is 12.0 Å². The lowest BCUT2D eigenvalue weighted by molar-refractivity contribution is -0.145. The number of hydrogen-bond donors (Lipinski definition) is 1. The van der Waals surface area contributed by atoms with Gasteiger partial charge in [0.25, 0.3) is 0 Å². The Labute approximate surface area is 129 Å². The standard InChI is InChI=1S/C15H19ClN2O3/c16-12-6-4-11(5-7-12)2-1-3-14(19)18-8-9-21-13(10-18)15(17)20/h4-7,13H,1-3,8-10H2,(H2,17,20)/t13-/m1/s1. The van der Waals surface area contributed by atoms with Crippen molar-refractivity contribution in [3.8, 4) is 0 Å². The van der Waals surface area contributed by atoms with Crippen molar-refractivity contribution in [2.45, 2.75) is 25.4 Å². The zero-order valence-electron chi connectivity index (χ0n) is 11.8. The number of halogens is 1. The number of carbonyl (C=O) groups excluding carboxylic acids is 2. The van der Waals surface area contributed by atoms with Crippen molar-refractivity contribution in [1.29, 1.82) is 0 Å². The molecule has 1 aliphatic heterocycles. The maximum atomic E-state index is 12.1. The number of aryl methyl sites for hydroxylation is 1. The van der Waals surface area contributed by atoms with Crippen molar-refractivity contribution >= 4 is 23.4 Å². The molecule has 114 valence electrons. The van der Waals surface area contributed by atoms with Crippen LogP contribution in [0.4, 0.5) is 0 Å². The molecule has 1 saturated heterocycles. The minimum atomic E-state index is -0.682. The molecule has 1 aromatic rings. The van der Waals surface area contributed by atoms with Crippen molar-refractivity contribution in [2.75, 3.05) is 19.7 Å². The highest BCUT2D eigenvalue weighted by molar-refractivity contribution is 6.30. The third kappa shape index (κ3) is 4.72. The molecule has 2 amide bonds. The Balaban J connectivity index is 1.76. The molecule has 6 heteroatoms. The van der Waals surface area contributed by atoms with Crippen LogP contribution in [0.5, 0.6) is 0 Å². The molecular formula is C15H19ClN2O3. The van der Waals surface area contributed by atoms with Crippen molar-refractivity contribution in [3.05, 3.63) is 34.9 Å². The number of ether oxygens (including phenoxy) is 1. The highest BCUT2D eigenvalue weighted by atomic mass is 35.5. The molecule has 0 saturated carbocycles. The fourth-order valence-electron chi connectivity index (χ4n) is 2.30. The number of morpholine rings is 1. The van der Waals surface area contributed by atoms with E-state index in [1.165, 1.54) is 0 Å². The van der Waals surface area contributed by atoms with Gasteiger partial charge in [-0.05, 0) is 30.5 Å². The zero-order valence-corrected chi connectivity index (χ0v) is 12.5. The third-order valence-corrected chi connectivity index (χ3v) is 3.76. The van der Waals surface area contributed by atoms with Crippen LogP contribution >= 0.6 is 11.6 Å². The summed E-state index contributed by atoms with van der Waals surface area (Å²) in [6.45, 7) is 1.13. The number of benzene rings is 1. The fourth-order valence-corrected chi connectivity index (χ4v) is 2.43. The molecule has 0 aromatic heterocycles. The Hall–Kier alpha value is -1.59. The molecule has 2 rings (SSSR count). The molecular weight excluding hydrogens is 292 g/mol. The second-order valence-electron chi connectivity index (χ2n) is 5.08. The second-order valence-corrected chi connectivity index (χ2v) is 5.52. The van der Waals surface area contributed by atoms with Crippen LogP contribution in [-0.4, -0.2) is 42.5 Å². The smallest absolute Gasteiger partial charge is 0.248 e. The molecule has 1 atom stereocenters. The van der Waals surface area contributed by atoms with Crippen molar-refractivity contribution in [3.63, 3.8) is 0 Å². The van der Waals surface area contributed by atoms with Crippen LogP contribution in [-0.2, 0) is 20.7 Å². The van der Waals surface area contributed by atoms with Crippen LogP contribution in [0.2, 0.25) is 5.02 Å². The van der Waals surface area contributed by atoms with Crippen molar-refractivity contribution in [2.24, 2.45) is 5.73 Å². The monoisotopic (exact) mass is 310 g/mol. The van der Waals surface area contributed by atoms with E-state index in [4.69, 9.17) is 22.1 Å². The summed E-state index contributed by atoms with van der Waals surface area (Å²) in [5, 5.41) is 0.709. The SMILES string of the molecule is NC(=O)[C@H]1CN(C(=O)CCCc2ccc(Cl)cc2)CCO1.